The number of methoxy groups -OCH3 is 1. The number of fused-ring (bicyclic) bond motifs is 2. The molecular formula is C17H14ClN9O2. The lowest BCUT2D eigenvalue weighted by Crippen LogP contribution is -2.22. The summed E-state index contributed by atoms with van der Waals surface area (Å²) in [5, 5.41) is 23.1. The molecule has 0 unspecified atom stereocenters. The van der Waals surface area contributed by atoms with Crippen molar-refractivity contribution in [3.05, 3.63) is 47.3 Å². The second-order valence-corrected chi connectivity index (χ2v) is 6.42. The number of carbonyl (C=O) groups is 1. The third kappa shape index (κ3) is 3.42. The van der Waals surface area contributed by atoms with Gasteiger partial charge in [-0.25, -0.2) is 23.8 Å². The van der Waals surface area contributed by atoms with Crippen LogP contribution in [0.15, 0.2) is 30.9 Å². The number of pyridine rings is 1. The maximum absolute atomic E-state index is 12.6. The molecule has 0 radical (unpaired) electrons. The highest BCUT2D eigenvalue weighted by Crippen LogP contribution is 2.26. The van der Waals surface area contributed by atoms with Crippen molar-refractivity contribution in [2.45, 2.75) is 13.0 Å². The number of anilines is 2. The predicted molar refractivity (Wildman–Crippen MR) is 104 cm³/mol. The van der Waals surface area contributed by atoms with Crippen molar-refractivity contribution in [1.82, 2.24) is 29.2 Å². The molecule has 0 aromatic carbocycles. The molecule has 0 fully saturated rings. The fourth-order valence-corrected chi connectivity index (χ4v) is 3.06. The molecule has 146 valence electrons. The van der Waals surface area contributed by atoms with E-state index in [1.54, 1.807) is 19.4 Å². The van der Waals surface area contributed by atoms with Crippen LogP contribution in [0.4, 0.5) is 16.2 Å². The zero-order valence-corrected chi connectivity index (χ0v) is 16.0. The highest BCUT2D eigenvalue weighted by Gasteiger charge is 2.19. The van der Waals surface area contributed by atoms with Gasteiger partial charge in [0.25, 0.3) is 0 Å². The molecule has 12 heteroatoms. The average Bonchev–Trinajstić information content (AvgIpc) is 3.32. The summed E-state index contributed by atoms with van der Waals surface area (Å²) in [6.45, 7) is 1.81. The quantitative estimate of drug-likeness (QED) is 0.527. The van der Waals surface area contributed by atoms with Crippen LogP contribution in [0, 0.1) is 11.3 Å². The number of hydrogen-bond acceptors (Lipinski definition) is 7. The first-order valence-electron chi connectivity index (χ1n) is 8.38. The minimum absolute atomic E-state index is 0.272. The number of aromatic nitrogens is 6. The lowest BCUT2D eigenvalue weighted by atomic mass is 10.2. The zero-order chi connectivity index (χ0) is 20.5. The molecule has 0 bridgehead atoms. The van der Waals surface area contributed by atoms with E-state index in [4.69, 9.17) is 16.3 Å². The van der Waals surface area contributed by atoms with Crippen molar-refractivity contribution >= 4 is 40.3 Å². The average molecular weight is 412 g/mol. The topological polar surface area (TPSA) is 135 Å². The van der Waals surface area contributed by atoms with Gasteiger partial charge in [-0.2, -0.15) is 15.5 Å². The summed E-state index contributed by atoms with van der Waals surface area (Å²) >= 11 is 5.98. The number of carbonyl (C=O) groups excluding carboxylic acids is 1. The molecule has 0 saturated carbocycles. The molecule has 4 aromatic rings. The van der Waals surface area contributed by atoms with Gasteiger partial charge in [0.05, 0.1) is 41.1 Å². The van der Waals surface area contributed by atoms with Crippen LogP contribution in [0.2, 0.25) is 5.15 Å². The number of ether oxygens (including phenoxy) is 1. The van der Waals surface area contributed by atoms with E-state index in [0.717, 1.165) is 0 Å². The molecule has 0 saturated heterocycles. The van der Waals surface area contributed by atoms with Crippen LogP contribution < -0.4 is 10.6 Å². The first-order valence-corrected chi connectivity index (χ1v) is 8.76. The fourth-order valence-electron chi connectivity index (χ4n) is 2.88. The van der Waals surface area contributed by atoms with Crippen LogP contribution in [0.25, 0.3) is 11.3 Å². The van der Waals surface area contributed by atoms with E-state index in [-0.39, 0.29) is 10.7 Å². The van der Waals surface area contributed by atoms with Crippen molar-refractivity contribution in [2.24, 2.45) is 0 Å². The smallest absolute Gasteiger partial charge is 0.323 e. The number of nitriles is 1. The number of amides is 2. The van der Waals surface area contributed by atoms with Crippen LogP contribution in [0.1, 0.15) is 24.3 Å². The van der Waals surface area contributed by atoms with E-state index < -0.39 is 12.1 Å². The lowest BCUT2D eigenvalue weighted by Gasteiger charge is -2.17. The first-order chi connectivity index (χ1) is 14.0. The Morgan fingerprint density at radius 2 is 2.17 bits per heavy atom. The number of hydrogen-bond donors (Lipinski definition) is 2. The van der Waals surface area contributed by atoms with Crippen LogP contribution in [0.5, 0.6) is 0 Å². The standard InChI is InChI=1S/C17H14ClN9O2/c1-9(29-2)15-12(6-20-14-4-13(18)25-27(14)15)24-17(28)23-11-3-10(5-19)16-21-8-22-26(16)7-11/h3-4,6-9H,1-2H3,(H2,23,24,28)/t9-/m0/s1. The van der Waals surface area contributed by atoms with Crippen LogP contribution in [-0.4, -0.2) is 42.3 Å². The Hall–Kier alpha value is -3.75. The third-order valence-electron chi connectivity index (χ3n) is 4.23. The number of urea groups is 1. The Morgan fingerprint density at radius 1 is 1.34 bits per heavy atom. The molecule has 4 aromatic heterocycles. The van der Waals surface area contributed by atoms with Gasteiger partial charge in [-0.05, 0) is 13.0 Å². The van der Waals surface area contributed by atoms with E-state index >= 15 is 0 Å². The summed E-state index contributed by atoms with van der Waals surface area (Å²) in [6.07, 6.45) is 3.98. The lowest BCUT2D eigenvalue weighted by molar-refractivity contribution is 0.114. The largest absolute Gasteiger partial charge is 0.375 e. The molecule has 0 aliphatic carbocycles. The summed E-state index contributed by atoms with van der Waals surface area (Å²) in [4.78, 5) is 20.8. The second kappa shape index (κ2) is 7.34. The Balaban J connectivity index is 1.65. The first kappa shape index (κ1) is 18.6. The molecule has 0 aliphatic heterocycles. The van der Waals surface area contributed by atoms with Gasteiger partial charge in [-0.15, -0.1) is 0 Å². The molecule has 1 atom stereocenters. The zero-order valence-electron chi connectivity index (χ0n) is 15.3. The minimum atomic E-state index is -0.544. The van der Waals surface area contributed by atoms with Crippen molar-refractivity contribution in [1.29, 1.82) is 5.26 Å². The van der Waals surface area contributed by atoms with Gasteiger partial charge in [-0.3, -0.25) is 0 Å². The van der Waals surface area contributed by atoms with Crippen LogP contribution >= 0.6 is 11.6 Å². The van der Waals surface area contributed by atoms with Crippen molar-refractivity contribution in [3.63, 3.8) is 0 Å². The van der Waals surface area contributed by atoms with Crippen molar-refractivity contribution < 1.29 is 9.53 Å². The fraction of sp³-hybridized carbons (Fsp3) is 0.176. The molecule has 2 N–H and O–H groups in total. The Labute approximate surface area is 168 Å². The van der Waals surface area contributed by atoms with Gasteiger partial charge >= 0.3 is 6.03 Å². The van der Waals surface area contributed by atoms with E-state index in [2.05, 4.69) is 30.8 Å². The van der Waals surface area contributed by atoms with Crippen LogP contribution in [0.3, 0.4) is 0 Å². The van der Waals surface area contributed by atoms with E-state index in [0.29, 0.717) is 28.4 Å². The van der Waals surface area contributed by atoms with Crippen molar-refractivity contribution in [2.75, 3.05) is 17.7 Å². The summed E-state index contributed by atoms with van der Waals surface area (Å²) in [5.74, 6) is 0. The molecule has 2 amide bonds. The molecule has 0 aliphatic rings. The molecule has 4 heterocycles. The summed E-state index contributed by atoms with van der Waals surface area (Å²) in [6, 6.07) is 4.60. The van der Waals surface area contributed by atoms with E-state index in [1.165, 1.54) is 27.6 Å². The Bertz CT molecular complexity index is 1270. The predicted octanol–water partition coefficient (Wildman–Crippen LogP) is 2.65. The third-order valence-corrected chi connectivity index (χ3v) is 4.42. The Kier molecular flexibility index (Phi) is 4.71. The molecule has 4 rings (SSSR count). The van der Waals surface area contributed by atoms with Gasteiger partial charge in [-0.1, -0.05) is 11.6 Å². The number of nitrogens with one attached hydrogen (secondary N) is 2. The summed E-state index contributed by atoms with van der Waals surface area (Å²) < 4.78 is 8.33. The van der Waals surface area contributed by atoms with Gasteiger partial charge in [0.15, 0.2) is 16.4 Å². The Morgan fingerprint density at radius 3 is 2.93 bits per heavy atom. The normalized spacial score (nSPS) is 12.1. The SMILES string of the molecule is CO[C@@H](C)c1c(NC(=O)Nc2cc(C#N)c3ncnn3c2)cnc2cc(Cl)nn12. The van der Waals surface area contributed by atoms with Gasteiger partial charge < -0.3 is 15.4 Å². The van der Waals surface area contributed by atoms with Gasteiger partial charge in [0.1, 0.15) is 12.4 Å². The minimum Gasteiger partial charge on any atom is -0.375 e. The van der Waals surface area contributed by atoms with Gasteiger partial charge in [0.2, 0.25) is 0 Å². The highest BCUT2D eigenvalue weighted by atomic mass is 35.5. The van der Waals surface area contributed by atoms with Gasteiger partial charge in [0, 0.05) is 13.2 Å². The molecular weight excluding hydrogens is 398 g/mol. The maximum Gasteiger partial charge on any atom is 0.323 e. The highest BCUT2D eigenvalue weighted by molar-refractivity contribution is 6.29. The number of rotatable bonds is 4. The molecule has 0 spiro atoms. The van der Waals surface area contributed by atoms with Crippen LogP contribution in [-0.2, 0) is 4.74 Å². The molecule has 29 heavy (non-hydrogen) atoms. The maximum atomic E-state index is 12.6. The van der Waals surface area contributed by atoms with Crippen molar-refractivity contribution in [3.8, 4) is 6.07 Å². The summed E-state index contributed by atoms with van der Waals surface area (Å²) in [7, 11) is 1.54. The monoisotopic (exact) mass is 411 g/mol. The summed E-state index contributed by atoms with van der Waals surface area (Å²) in [5.41, 5.74) is 2.54. The number of halogens is 1. The number of nitrogens with zero attached hydrogens (tertiary/aromatic N) is 7. The second-order valence-electron chi connectivity index (χ2n) is 6.03. The molecule has 11 nitrogen and oxygen atoms in total. The van der Waals surface area contributed by atoms with E-state index in [9.17, 15) is 10.1 Å². The van der Waals surface area contributed by atoms with E-state index in [1.807, 2.05) is 13.0 Å².